The molecule has 0 radical (unpaired) electrons. The van der Waals surface area contributed by atoms with E-state index >= 15 is 0 Å². The zero-order valence-electron chi connectivity index (χ0n) is 14.1. The van der Waals surface area contributed by atoms with Crippen molar-refractivity contribution in [3.8, 4) is 0 Å². The normalized spacial score (nSPS) is 11.0. The number of aryl methyl sites for hydroxylation is 1. The van der Waals surface area contributed by atoms with Crippen molar-refractivity contribution in [3.05, 3.63) is 65.2 Å². The Labute approximate surface area is 151 Å². The van der Waals surface area contributed by atoms with Gasteiger partial charge < -0.3 is 5.32 Å². The molecular weight excluding hydrogens is 334 g/mol. The first kappa shape index (κ1) is 17.0. The van der Waals surface area contributed by atoms with E-state index in [1.807, 2.05) is 0 Å². The molecule has 124 valence electrons. The molecule has 1 N–H and O–H groups in total. The van der Waals surface area contributed by atoms with E-state index in [2.05, 4.69) is 84.8 Å². The zero-order valence-corrected chi connectivity index (χ0v) is 15.7. The highest BCUT2D eigenvalue weighted by atomic mass is 32.2. The summed E-state index contributed by atoms with van der Waals surface area (Å²) in [4.78, 5) is 0. The zero-order chi connectivity index (χ0) is 16.9. The average molecular weight is 356 g/mol. The maximum atomic E-state index is 4.26. The third-order valence-electron chi connectivity index (χ3n) is 3.72. The van der Waals surface area contributed by atoms with E-state index in [0.717, 1.165) is 20.9 Å². The van der Waals surface area contributed by atoms with Crippen LogP contribution in [0.3, 0.4) is 0 Å². The van der Waals surface area contributed by atoms with Crippen LogP contribution in [0.1, 0.15) is 36.5 Å². The number of hydrogen-bond donors (Lipinski definition) is 1. The van der Waals surface area contributed by atoms with Crippen LogP contribution in [-0.4, -0.2) is 10.2 Å². The minimum absolute atomic E-state index is 0.547. The lowest BCUT2D eigenvalue weighted by atomic mass is 10.0. The van der Waals surface area contributed by atoms with Crippen molar-refractivity contribution < 1.29 is 0 Å². The van der Waals surface area contributed by atoms with E-state index in [0.29, 0.717) is 5.92 Å². The Morgan fingerprint density at radius 1 is 1.00 bits per heavy atom. The summed E-state index contributed by atoms with van der Waals surface area (Å²) in [6.45, 7) is 6.50. The van der Waals surface area contributed by atoms with Gasteiger partial charge in [-0.1, -0.05) is 78.9 Å². The molecule has 0 aliphatic carbocycles. The molecule has 1 heterocycles. The van der Waals surface area contributed by atoms with E-state index in [4.69, 9.17) is 0 Å². The van der Waals surface area contributed by atoms with Crippen molar-refractivity contribution in [2.24, 2.45) is 0 Å². The van der Waals surface area contributed by atoms with Crippen molar-refractivity contribution >= 4 is 33.9 Å². The van der Waals surface area contributed by atoms with Crippen molar-refractivity contribution in [1.82, 2.24) is 10.2 Å². The minimum Gasteiger partial charge on any atom is -0.330 e. The van der Waals surface area contributed by atoms with E-state index in [1.54, 1.807) is 23.1 Å². The molecule has 2 aromatic carbocycles. The van der Waals surface area contributed by atoms with Crippen LogP contribution in [0.2, 0.25) is 0 Å². The number of anilines is 2. The summed E-state index contributed by atoms with van der Waals surface area (Å²) < 4.78 is 0.983. The van der Waals surface area contributed by atoms with E-state index in [-0.39, 0.29) is 0 Å². The smallest absolute Gasteiger partial charge is 0.210 e. The van der Waals surface area contributed by atoms with Crippen LogP contribution < -0.4 is 5.32 Å². The molecule has 0 atom stereocenters. The van der Waals surface area contributed by atoms with E-state index in [9.17, 15) is 0 Å². The van der Waals surface area contributed by atoms with Gasteiger partial charge in [0.15, 0.2) is 4.34 Å². The van der Waals surface area contributed by atoms with Gasteiger partial charge in [0.1, 0.15) is 0 Å². The van der Waals surface area contributed by atoms with Crippen LogP contribution in [0.25, 0.3) is 0 Å². The van der Waals surface area contributed by atoms with E-state index in [1.165, 1.54) is 16.7 Å². The number of benzene rings is 2. The second-order valence-corrected chi connectivity index (χ2v) is 8.25. The largest absolute Gasteiger partial charge is 0.330 e. The molecule has 0 aliphatic rings. The van der Waals surface area contributed by atoms with Crippen molar-refractivity contribution in [2.75, 3.05) is 5.32 Å². The Morgan fingerprint density at radius 3 is 2.38 bits per heavy atom. The van der Waals surface area contributed by atoms with Gasteiger partial charge in [0.05, 0.1) is 0 Å². The lowest BCUT2D eigenvalue weighted by molar-refractivity contribution is 0.867. The fourth-order valence-electron chi connectivity index (χ4n) is 2.22. The summed E-state index contributed by atoms with van der Waals surface area (Å²) in [5, 5.41) is 12.7. The van der Waals surface area contributed by atoms with Gasteiger partial charge in [-0.25, -0.2) is 0 Å². The topological polar surface area (TPSA) is 37.8 Å². The van der Waals surface area contributed by atoms with Crippen LogP contribution in [-0.2, 0) is 5.75 Å². The first-order chi connectivity index (χ1) is 11.6. The van der Waals surface area contributed by atoms with Crippen LogP contribution in [0.4, 0.5) is 10.8 Å². The Balaban J connectivity index is 1.57. The van der Waals surface area contributed by atoms with Gasteiger partial charge in [-0.2, -0.15) is 0 Å². The average Bonchev–Trinajstić information content (AvgIpc) is 3.02. The summed E-state index contributed by atoms with van der Waals surface area (Å²) in [6, 6.07) is 17.1. The molecule has 24 heavy (non-hydrogen) atoms. The van der Waals surface area contributed by atoms with Gasteiger partial charge in [0.2, 0.25) is 5.13 Å². The summed E-state index contributed by atoms with van der Waals surface area (Å²) in [7, 11) is 0. The third-order valence-corrected chi connectivity index (χ3v) is 5.76. The number of aromatic nitrogens is 2. The van der Waals surface area contributed by atoms with Crippen molar-refractivity contribution in [2.45, 2.75) is 36.8 Å². The summed E-state index contributed by atoms with van der Waals surface area (Å²) in [5.74, 6) is 1.46. The highest BCUT2D eigenvalue weighted by Crippen LogP contribution is 2.30. The number of rotatable bonds is 6. The van der Waals surface area contributed by atoms with Gasteiger partial charge in [0, 0.05) is 11.4 Å². The number of nitrogens with one attached hydrogen (secondary N) is 1. The molecular formula is C19H21N3S2. The monoisotopic (exact) mass is 355 g/mol. The standard InChI is InChI=1S/C19H21N3S2/c1-13(2)16-8-10-17(11-9-16)20-18-21-22-19(24-18)23-12-15-6-4-14(3)5-7-15/h4-11,13H,12H2,1-3H3,(H,20,21). The maximum absolute atomic E-state index is 4.26. The first-order valence-electron chi connectivity index (χ1n) is 7.99. The number of thioether (sulfide) groups is 1. The molecule has 0 unspecified atom stereocenters. The fraction of sp³-hybridized carbons (Fsp3) is 0.263. The Morgan fingerprint density at radius 2 is 1.71 bits per heavy atom. The molecule has 0 saturated carbocycles. The van der Waals surface area contributed by atoms with Gasteiger partial charge in [-0.05, 0) is 36.1 Å². The van der Waals surface area contributed by atoms with Crippen molar-refractivity contribution in [1.29, 1.82) is 0 Å². The minimum atomic E-state index is 0.547. The Bertz CT molecular complexity index is 777. The van der Waals surface area contributed by atoms with Crippen LogP contribution in [0.15, 0.2) is 52.9 Å². The van der Waals surface area contributed by atoms with Gasteiger partial charge in [0.25, 0.3) is 0 Å². The summed E-state index contributed by atoms with van der Waals surface area (Å²) in [5.41, 5.74) is 4.98. The maximum Gasteiger partial charge on any atom is 0.210 e. The molecule has 1 aromatic heterocycles. The number of nitrogens with zero attached hydrogens (tertiary/aromatic N) is 2. The first-order valence-corrected chi connectivity index (χ1v) is 9.79. The molecule has 0 amide bonds. The van der Waals surface area contributed by atoms with E-state index < -0.39 is 0 Å². The highest BCUT2D eigenvalue weighted by Gasteiger charge is 2.06. The second kappa shape index (κ2) is 7.81. The molecule has 0 spiro atoms. The molecule has 5 heteroatoms. The number of hydrogen-bond acceptors (Lipinski definition) is 5. The molecule has 0 saturated heterocycles. The Kier molecular flexibility index (Phi) is 5.53. The quantitative estimate of drug-likeness (QED) is 0.550. The SMILES string of the molecule is Cc1ccc(CSc2nnc(Nc3ccc(C(C)C)cc3)s2)cc1. The highest BCUT2D eigenvalue weighted by molar-refractivity contribution is 8.00. The lowest BCUT2D eigenvalue weighted by Gasteiger charge is -2.06. The third kappa shape index (κ3) is 4.58. The van der Waals surface area contributed by atoms with Crippen LogP contribution >= 0.6 is 23.1 Å². The van der Waals surface area contributed by atoms with Gasteiger partial charge in [-0.15, -0.1) is 10.2 Å². The van der Waals surface area contributed by atoms with Crippen molar-refractivity contribution in [3.63, 3.8) is 0 Å². The predicted octanol–water partition coefficient (Wildman–Crippen LogP) is 6.01. The summed E-state index contributed by atoms with van der Waals surface area (Å²) >= 11 is 3.31. The van der Waals surface area contributed by atoms with Gasteiger partial charge in [-0.3, -0.25) is 0 Å². The molecule has 0 bridgehead atoms. The Hall–Kier alpha value is -1.85. The second-order valence-electron chi connectivity index (χ2n) is 6.05. The molecule has 0 aliphatic heterocycles. The molecule has 0 fully saturated rings. The summed E-state index contributed by atoms with van der Waals surface area (Å²) in [6.07, 6.45) is 0. The molecule has 3 rings (SSSR count). The lowest BCUT2D eigenvalue weighted by Crippen LogP contribution is -1.91. The van der Waals surface area contributed by atoms with Crippen LogP contribution in [0.5, 0.6) is 0 Å². The van der Waals surface area contributed by atoms with Gasteiger partial charge >= 0.3 is 0 Å². The molecule has 3 aromatic rings. The predicted molar refractivity (Wildman–Crippen MR) is 104 cm³/mol. The molecule has 3 nitrogen and oxygen atoms in total. The van der Waals surface area contributed by atoms with Crippen LogP contribution in [0, 0.1) is 6.92 Å². The fourth-order valence-corrected chi connectivity index (χ4v) is 3.95.